The van der Waals surface area contributed by atoms with Crippen LogP contribution in [0.4, 0.5) is 4.39 Å². The van der Waals surface area contributed by atoms with Crippen molar-refractivity contribution in [2.45, 2.75) is 6.42 Å². The maximum Gasteiger partial charge on any atom is 0.213 e. The van der Waals surface area contributed by atoms with E-state index < -0.39 is 5.95 Å². The van der Waals surface area contributed by atoms with E-state index in [4.69, 9.17) is 0 Å². The van der Waals surface area contributed by atoms with Crippen molar-refractivity contribution in [2.75, 3.05) is 0 Å². The Bertz CT molecular complexity index is 296. The van der Waals surface area contributed by atoms with E-state index in [-0.39, 0.29) is 0 Å². The van der Waals surface area contributed by atoms with E-state index in [9.17, 15) is 9.18 Å². The average molecular weight is 165 g/mol. The summed E-state index contributed by atoms with van der Waals surface area (Å²) in [6, 6.07) is 2.98. The van der Waals surface area contributed by atoms with Crippen LogP contribution in [0.2, 0.25) is 0 Å². The lowest BCUT2D eigenvalue weighted by atomic mass is 10.2. The maximum atomic E-state index is 12.5. The minimum absolute atomic E-state index is 0.351. The van der Waals surface area contributed by atoms with Gasteiger partial charge in [0.1, 0.15) is 6.29 Å². The third-order valence-electron chi connectivity index (χ3n) is 1.29. The quantitative estimate of drug-likeness (QED) is 0.505. The van der Waals surface area contributed by atoms with E-state index >= 15 is 0 Å². The minimum Gasteiger partial charge on any atom is -0.303 e. The highest BCUT2D eigenvalue weighted by Gasteiger charge is 1.90. The summed E-state index contributed by atoms with van der Waals surface area (Å²) in [6.45, 7) is 0. The molecule has 0 saturated heterocycles. The highest BCUT2D eigenvalue weighted by Crippen LogP contribution is 2.02. The molecule has 0 aliphatic rings. The monoisotopic (exact) mass is 165 g/mol. The molecule has 0 fully saturated rings. The van der Waals surface area contributed by atoms with Crippen LogP contribution in [0.1, 0.15) is 12.0 Å². The average Bonchev–Trinajstić information content (AvgIpc) is 2.05. The molecule has 0 unspecified atom stereocenters. The fraction of sp³-hybridized carbons (Fsp3) is 0.111. The summed E-state index contributed by atoms with van der Waals surface area (Å²) in [4.78, 5) is 13.3. The molecule has 0 saturated carbocycles. The van der Waals surface area contributed by atoms with Crippen LogP contribution in [0.5, 0.6) is 0 Å². The summed E-state index contributed by atoms with van der Waals surface area (Å²) >= 11 is 0. The van der Waals surface area contributed by atoms with E-state index in [1.165, 1.54) is 12.3 Å². The second-order valence-corrected chi connectivity index (χ2v) is 2.22. The van der Waals surface area contributed by atoms with Gasteiger partial charge in [0.05, 0.1) is 0 Å². The van der Waals surface area contributed by atoms with E-state index in [0.717, 1.165) is 6.29 Å². The van der Waals surface area contributed by atoms with Gasteiger partial charge in [0.25, 0.3) is 0 Å². The number of nitrogens with zero attached hydrogens (tertiary/aromatic N) is 1. The Labute approximate surface area is 69.7 Å². The first-order valence-electron chi connectivity index (χ1n) is 3.54. The van der Waals surface area contributed by atoms with Gasteiger partial charge < -0.3 is 4.79 Å². The molecular formula is C9H8FNO. The first-order valence-corrected chi connectivity index (χ1v) is 3.54. The van der Waals surface area contributed by atoms with Crippen LogP contribution in [0, 0.1) is 5.95 Å². The van der Waals surface area contributed by atoms with Crippen molar-refractivity contribution in [3.8, 4) is 0 Å². The van der Waals surface area contributed by atoms with Crippen LogP contribution >= 0.6 is 0 Å². The number of rotatable bonds is 3. The molecule has 1 rings (SSSR count). The Hall–Kier alpha value is -1.51. The Kier molecular flexibility index (Phi) is 3.14. The summed E-state index contributed by atoms with van der Waals surface area (Å²) in [5, 5.41) is 0. The van der Waals surface area contributed by atoms with Gasteiger partial charge in [-0.15, -0.1) is 0 Å². The van der Waals surface area contributed by atoms with E-state index in [2.05, 4.69) is 4.98 Å². The topological polar surface area (TPSA) is 30.0 Å². The Morgan fingerprint density at radius 1 is 1.58 bits per heavy atom. The molecule has 0 amide bonds. The number of aromatic nitrogens is 1. The molecule has 0 atom stereocenters. The molecule has 0 spiro atoms. The lowest BCUT2D eigenvalue weighted by Gasteiger charge is -1.90. The van der Waals surface area contributed by atoms with Crippen molar-refractivity contribution >= 4 is 12.4 Å². The van der Waals surface area contributed by atoms with Gasteiger partial charge in [0.2, 0.25) is 5.95 Å². The van der Waals surface area contributed by atoms with Crippen LogP contribution in [-0.4, -0.2) is 11.3 Å². The molecule has 2 nitrogen and oxygen atoms in total. The van der Waals surface area contributed by atoms with Gasteiger partial charge in [-0.25, -0.2) is 4.98 Å². The molecule has 12 heavy (non-hydrogen) atoms. The van der Waals surface area contributed by atoms with Crippen molar-refractivity contribution < 1.29 is 9.18 Å². The normalized spacial score (nSPS) is 10.4. The first-order chi connectivity index (χ1) is 5.83. The number of allylic oxidation sites excluding steroid dienone is 1. The zero-order valence-corrected chi connectivity index (χ0v) is 6.40. The van der Waals surface area contributed by atoms with Gasteiger partial charge in [0.15, 0.2) is 0 Å². The second-order valence-electron chi connectivity index (χ2n) is 2.22. The number of aldehydes is 1. The van der Waals surface area contributed by atoms with Gasteiger partial charge in [-0.2, -0.15) is 4.39 Å². The zero-order valence-electron chi connectivity index (χ0n) is 6.40. The smallest absolute Gasteiger partial charge is 0.213 e. The fourth-order valence-corrected chi connectivity index (χ4v) is 0.781. The van der Waals surface area contributed by atoms with Gasteiger partial charge in [-0.1, -0.05) is 12.2 Å². The largest absolute Gasteiger partial charge is 0.303 e. The van der Waals surface area contributed by atoms with Gasteiger partial charge >= 0.3 is 0 Å². The van der Waals surface area contributed by atoms with Gasteiger partial charge in [-0.3, -0.25) is 0 Å². The second kappa shape index (κ2) is 4.38. The standard InChI is InChI=1S/C9H8FNO/c10-9-7-8(4-5-11-9)3-1-2-6-12/h1,3-7H,2H2. The third-order valence-corrected chi connectivity index (χ3v) is 1.29. The number of hydrogen-bond donors (Lipinski definition) is 0. The maximum absolute atomic E-state index is 12.5. The molecule has 1 aromatic rings. The highest BCUT2D eigenvalue weighted by atomic mass is 19.1. The molecule has 1 heterocycles. The van der Waals surface area contributed by atoms with Crippen molar-refractivity contribution in [2.24, 2.45) is 0 Å². The lowest BCUT2D eigenvalue weighted by molar-refractivity contribution is -0.107. The predicted octanol–water partition coefficient (Wildman–Crippen LogP) is 1.82. The summed E-state index contributed by atoms with van der Waals surface area (Å²) in [7, 11) is 0. The van der Waals surface area contributed by atoms with E-state index in [0.29, 0.717) is 12.0 Å². The van der Waals surface area contributed by atoms with Crippen LogP contribution in [0.25, 0.3) is 6.08 Å². The molecule has 0 radical (unpaired) electrons. The first kappa shape index (κ1) is 8.59. The van der Waals surface area contributed by atoms with Crippen molar-refractivity contribution in [3.05, 3.63) is 35.9 Å². The Morgan fingerprint density at radius 3 is 3.08 bits per heavy atom. The van der Waals surface area contributed by atoms with Crippen LogP contribution < -0.4 is 0 Å². The van der Waals surface area contributed by atoms with E-state index in [1.54, 1.807) is 18.2 Å². The fourth-order valence-electron chi connectivity index (χ4n) is 0.781. The number of halogens is 1. The number of carbonyl (C=O) groups excluding carboxylic acids is 1. The van der Waals surface area contributed by atoms with Gasteiger partial charge in [0, 0.05) is 18.7 Å². The SMILES string of the molecule is O=CCC=Cc1ccnc(F)c1. The number of hydrogen-bond acceptors (Lipinski definition) is 2. The zero-order chi connectivity index (χ0) is 8.81. The molecule has 0 aliphatic carbocycles. The highest BCUT2D eigenvalue weighted by molar-refractivity contribution is 5.57. The molecule has 0 aliphatic heterocycles. The van der Waals surface area contributed by atoms with Crippen molar-refractivity contribution in [3.63, 3.8) is 0 Å². The van der Waals surface area contributed by atoms with Crippen molar-refractivity contribution in [1.29, 1.82) is 0 Å². The van der Waals surface area contributed by atoms with Crippen LogP contribution in [-0.2, 0) is 4.79 Å². The predicted molar refractivity (Wildman–Crippen MR) is 43.9 cm³/mol. The van der Waals surface area contributed by atoms with E-state index in [1.807, 2.05) is 0 Å². The molecular weight excluding hydrogens is 157 g/mol. The van der Waals surface area contributed by atoms with Crippen LogP contribution in [0.3, 0.4) is 0 Å². The summed E-state index contributed by atoms with van der Waals surface area (Å²) in [6.07, 6.45) is 5.87. The minimum atomic E-state index is -0.511. The van der Waals surface area contributed by atoms with Crippen LogP contribution in [0.15, 0.2) is 24.4 Å². The molecule has 62 valence electrons. The third kappa shape index (κ3) is 2.62. The Balaban J connectivity index is 2.69. The number of pyridine rings is 1. The summed E-state index contributed by atoms with van der Waals surface area (Å²) in [5.74, 6) is -0.511. The molecule has 1 aromatic heterocycles. The van der Waals surface area contributed by atoms with Crippen molar-refractivity contribution in [1.82, 2.24) is 4.98 Å². The molecule has 0 aromatic carbocycles. The lowest BCUT2D eigenvalue weighted by Crippen LogP contribution is -1.81. The summed E-state index contributed by atoms with van der Waals surface area (Å²) in [5.41, 5.74) is 0.712. The number of carbonyl (C=O) groups is 1. The molecule has 0 N–H and O–H groups in total. The summed E-state index contributed by atoms with van der Waals surface area (Å²) < 4.78 is 12.5. The Morgan fingerprint density at radius 2 is 2.42 bits per heavy atom. The van der Waals surface area contributed by atoms with Gasteiger partial charge in [-0.05, 0) is 11.6 Å². The molecule has 0 bridgehead atoms. The molecule has 3 heteroatoms.